The van der Waals surface area contributed by atoms with Gasteiger partial charge < -0.3 is 10.1 Å². The number of aromatic nitrogens is 1. The van der Waals surface area contributed by atoms with Gasteiger partial charge in [0.2, 0.25) is 5.91 Å². The Kier molecular flexibility index (Phi) is 4.06. The maximum atomic E-state index is 12.1. The minimum absolute atomic E-state index is 0.0930. The van der Waals surface area contributed by atoms with Gasteiger partial charge in [-0.3, -0.25) is 14.5 Å². The van der Waals surface area contributed by atoms with Gasteiger partial charge in [0.25, 0.3) is 5.91 Å². The molecule has 6 nitrogen and oxygen atoms in total. The molecule has 0 fully saturated rings. The summed E-state index contributed by atoms with van der Waals surface area (Å²) >= 11 is 3.33. The second-order valence-electron chi connectivity index (χ2n) is 4.65. The molecule has 3 rings (SSSR count). The van der Waals surface area contributed by atoms with Crippen LogP contribution >= 0.6 is 15.9 Å². The van der Waals surface area contributed by atoms with Gasteiger partial charge in [0.15, 0.2) is 18.2 Å². The second-order valence-corrected chi connectivity index (χ2v) is 5.56. The number of hydrogen-bond donors (Lipinski definition) is 1. The molecule has 0 unspecified atom stereocenters. The Morgan fingerprint density at radius 3 is 2.86 bits per heavy atom. The fourth-order valence-electron chi connectivity index (χ4n) is 2.07. The normalized spacial score (nSPS) is 13.3. The van der Waals surface area contributed by atoms with Crippen molar-refractivity contribution in [3.05, 3.63) is 47.1 Å². The average molecular weight is 362 g/mol. The molecule has 2 heterocycles. The zero-order valence-corrected chi connectivity index (χ0v) is 13.0. The van der Waals surface area contributed by atoms with Gasteiger partial charge in [-0.05, 0) is 36.4 Å². The summed E-state index contributed by atoms with van der Waals surface area (Å²) in [7, 11) is 0. The van der Waals surface area contributed by atoms with Crippen molar-refractivity contribution in [1.29, 1.82) is 0 Å². The van der Waals surface area contributed by atoms with E-state index in [0.717, 1.165) is 4.47 Å². The Morgan fingerprint density at radius 2 is 2.09 bits per heavy atom. The van der Waals surface area contributed by atoms with E-state index in [0.29, 0.717) is 17.3 Å². The topological polar surface area (TPSA) is 71.5 Å². The lowest BCUT2D eigenvalue weighted by Gasteiger charge is -2.27. The summed E-state index contributed by atoms with van der Waals surface area (Å²) in [6, 6.07) is 10.6. The molecule has 1 aliphatic heterocycles. The van der Waals surface area contributed by atoms with Crippen molar-refractivity contribution in [2.24, 2.45) is 0 Å². The van der Waals surface area contributed by atoms with Crippen LogP contribution in [0.4, 0.5) is 11.5 Å². The van der Waals surface area contributed by atoms with Gasteiger partial charge >= 0.3 is 0 Å². The van der Waals surface area contributed by atoms with Crippen molar-refractivity contribution >= 4 is 39.2 Å². The standard InChI is InChI=1S/C15H12BrN3O3/c16-10-3-5-11(6-4-10)18-13(20)8-19-14(21)9-22-12-2-1-7-17-15(12)19/h1-7H,8-9H2,(H,18,20). The van der Waals surface area contributed by atoms with Crippen molar-refractivity contribution in [3.8, 4) is 5.75 Å². The number of ether oxygens (including phenoxy) is 1. The van der Waals surface area contributed by atoms with Crippen LogP contribution in [0.25, 0.3) is 0 Å². The molecule has 0 atom stereocenters. The molecule has 0 spiro atoms. The van der Waals surface area contributed by atoms with E-state index in [-0.39, 0.29) is 25.0 Å². The summed E-state index contributed by atoms with van der Waals surface area (Å²) in [6.45, 7) is -0.202. The number of carbonyl (C=O) groups excluding carboxylic acids is 2. The molecular formula is C15H12BrN3O3. The first-order valence-electron chi connectivity index (χ1n) is 6.57. The molecule has 112 valence electrons. The van der Waals surface area contributed by atoms with Crippen LogP contribution in [-0.2, 0) is 9.59 Å². The summed E-state index contributed by atoms with van der Waals surface area (Å²) in [5.74, 6) is 0.273. The first-order valence-corrected chi connectivity index (χ1v) is 7.36. The highest BCUT2D eigenvalue weighted by Crippen LogP contribution is 2.28. The van der Waals surface area contributed by atoms with Gasteiger partial charge in [0.05, 0.1) is 0 Å². The highest BCUT2D eigenvalue weighted by molar-refractivity contribution is 9.10. The number of carbonyl (C=O) groups is 2. The summed E-state index contributed by atoms with van der Waals surface area (Å²) < 4.78 is 6.21. The molecule has 1 aromatic carbocycles. The van der Waals surface area contributed by atoms with Gasteiger partial charge in [-0.25, -0.2) is 4.98 Å². The van der Waals surface area contributed by atoms with E-state index in [9.17, 15) is 9.59 Å². The van der Waals surface area contributed by atoms with E-state index in [2.05, 4.69) is 26.2 Å². The lowest BCUT2D eigenvalue weighted by molar-refractivity contribution is -0.123. The molecule has 2 aromatic rings. The SMILES string of the molecule is O=C(CN1C(=O)COc2cccnc21)Nc1ccc(Br)cc1. The minimum Gasteiger partial charge on any atom is -0.480 e. The second kappa shape index (κ2) is 6.15. The monoisotopic (exact) mass is 361 g/mol. The average Bonchev–Trinajstić information content (AvgIpc) is 2.52. The first-order chi connectivity index (χ1) is 10.6. The lowest BCUT2D eigenvalue weighted by atomic mass is 10.3. The number of hydrogen-bond acceptors (Lipinski definition) is 4. The van der Waals surface area contributed by atoms with Gasteiger partial charge in [-0.15, -0.1) is 0 Å². The van der Waals surface area contributed by atoms with Gasteiger partial charge in [-0.2, -0.15) is 0 Å². The molecule has 1 aromatic heterocycles. The van der Waals surface area contributed by atoms with Crippen LogP contribution in [-0.4, -0.2) is 29.9 Å². The summed E-state index contributed by atoms with van der Waals surface area (Å²) in [4.78, 5) is 29.5. The predicted octanol–water partition coefficient (Wildman–Crippen LogP) is 2.21. The van der Waals surface area contributed by atoms with Gasteiger partial charge in [-0.1, -0.05) is 15.9 Å². The molecule has 7 heteroatoms. The maximum absolute atomic E-state index is 12.1. The highest BCUT2D eigenvalue weighted by Gasteiger charge is 2.28. The largest absolute Gasteiger partial charge is 0.480 e. The number of nitrogens with zero attached hydrogens (tertiary/aromatic N) is 2. The van der Waals surface area contributed by atoms with Crippen LogP contribution in [0.3, 0.4) is 0 Å². The van der Waals surface area contributed by atoms with E-state index >= 15 is 0 Å². The third-order valence-corrected chi connectivity index (χ3v) is 3.62. The summed E-state index contributed by atoms with van der Waals surface area (Å²) in [6.07, 6.45) is 1.56. The molecule has 0 radical (unpaired) electrons. The molecule has 0 aliphatic carbocycles. The predicted molar refractivity (Wildman–Crippen MR) is 84.9 cm³/mol. The number of pyridine rings is 1. The number of fused-ring (bicyclic) bond motifs is 1. The van der Waals surface area contributed by atoms with E-state index < -0.39 is 0 Å². The van der Waals surface area contributed by atoms with Crippen LogP contribution in [0.15, 0.2) is 47.1 Å². The van der Waals surface area contributed by atoms with Crippen molar-refractivity contribution in [2.45, 2.75) is 0 Å². The lowest BCUT2D eigenvalue weighted by Crippen LogP contribution is -2.43. The Balaban J connectivity index is 1.73. The quantitative estimate of drug-likeness (QED) is 0.909. The van der Waals surface area contributed by atoms with Crippen LogP contribution < -0.4 is 15.0 Å². The maximum Gasteiger partial charge on any atom is 0.266 e. The Hall–Kier alpha value is -2.41. The van der Waals surface area contributed by atoms with Crippen LogP contribution in [0.2, 0.25) is 0 Å². The van der Waals surface area contributed by atoms with Crippen LogP contribution in [0.1, 0.15) is 0 Å². The van der Waals surface area contributed by atoms with E-state index in [1.165, 1.54) is 4.90 Å². The van der Waals surface area contributed by atoms with E-state index in [1.807, 2.05) is 12.1 Å². The first kappa shape index (κ1) is 14.5. The molecule has 2 amide bonds. The zero-order chi connectivity index (χ0) is 15.5. The third kappa shape index (κ3) is 3.09. The van der Waals surface area contributed by atoms with Crippen molar-refractivity contribution < 1.29 is 14.3 Å². The van der Waals surface area contributed by atoms with E-state index in [4.69, 9.17) is 4.74 Å². The molecule has 0 saturated heterocycles. The number of nitrogens with one attached hydrogen (secondary N) is 1. The third-order valence-electron chi connectivity index (χ3n) is 3.09. The molecular weight excluding hydrogens is 350 g/mol. The summed E-state index contributed by atoms with van der Waals surface area (Å²) in [5.41, 5.74) is 0.662. The number of benzene rings is 1. The molecule has 0 bridgehead atoms. The van der Waals surface area contributed by atoms with Crippen molar-refractivity contribution in [2.75, 3.05) is 23.4 Å². The number of amides is 2. The van der Waals surface area contributed by atoms with Gasteiger partial charge in [0.1, 0.15) is 6.54 Å². The van der Waals surface area contributed by atoms with Crippen LogP contribution in [0, 0.1) is 0 Å². The Labute approximate surface area is 135 Å². The number of anilines is 2. The van der Waals surface area contributed by atoms with Crippen LogP contribution in [0.5, 0.6) is 5.75 Å². The molecule has 0 saturated carbocycles. The Morgan fingerprint density at radius 1 is 1.32 bits per heavy atom. The fourth-order valence-corrected chi connectivity index (χ4v) is 2.34. The number of halogens is 1. The smallest absolute Gasteiger partial charge is 0.266 e. The Bertz CT molecular complexity index is 718. The molecule has 22 heavy (non-hydrogen) atoms. The fraction of sp³-hybridized carbons (Fsp3) is 0.133. The van der Waals surface area contributed by atoms with Crippen molar-refractivity contribution in [3.63, 3.8) is 0 Å². The highest BCUT2D eigenvalue weighted by atomic mass is 79.9. The van der Waals surface area contributed by atoms with Gasteiger partial charge in [0, 0.05) is 16.4 Å². The summed E-state index contributed by atoms with van der Waals surface area (Å²) in [5, 5.41) is 2.75. The van der Waals surface area contributed by atoms with Crippen molar-refractivity contribution in [1.82, 2.24) is 4.98 Å². The molecule has 1 aliphatic rings. The zero-order valence-electron chi connectivity index (χ0n) is 11.5. The van der Waals surface area contributed by atoms with E-state index in [1.54, 1.807) is 30.5 Å². The molecule has 1 N–H and O–H groups in total. The number of rotatable bonds is 3. The minimum atomic E-state index is -0.297.